The van der Waals surface area contributed by atoms with Gasteiger partial charge >= 0.3 is 0 Å². The second-order valence-electron chi connectivity index (χ2n) is 6.24. The number of anilines is 2. The average molecular weight is 326 g/mol. The highest BCUT2D eigenvalue weighted by Crippen LogP contribution is 2.20. The molecule has 1 aromatic carbocycles. The van der Waals surface area contributed by atoms with Gasteiger partial charge in [0, 0.05) is 18.4 Å². The molecule has 0 aliphatic carbocycles. The molecule has 2 aromatic rings. The first kappa shape index (κ1) is 17.9. The van der Waals surface area contributed by atoms with Crippen molar-refractivity contribution in [2.24, 2.45) is 0 Å². The molecule has 0 saturated heterocycles. The topological polar surface area (TPSA) is 57.3 Å². The number of hydrogen-bond acceptors (Lipinski definition) is 4. The summed E-state index contributed by atoms with van der Waals surface area (Å²) in [6.07, 6.45) is 2.65. The van der Waals surface area contributed by atoms with Gasteiger partial charge in [0.05, 0.1) is 5.56 Å². The molecule has 24 heavy (non-hydrogen) atoms. The van der Waals surface area contributed by atoms with E-state index in [1.807, 2.05) is 38.1 Å². The van der Waals surface area contributed by atoms with Crippen LogP contribution in [0.25, 0.3) is 0 Å². The van der Waals surface area contributed by atoms with Crippen molar-refractivity contribution >= 4 is 17.4 Å². The fourth-order valence-electron chi connectivity index (χ4n) is 2.44. The highest BCUT2D eigenvalue weighted by molar-refractivity contribution is 6.04. The predicted octanol–water partition coefficient (Wildman–Crippen LogP) is 3.31. The fourth-order valence-corrected chi connectivity index (χ4v) is 2.44. The molecule has 5 heteroatoms. The molecular formula is C19H26N4O. The molecule has 1 aromatic heterocycles. The number of pyridine rings is 1. The Morgan fingerprint density at radius 3 is 2.42 bits per heavy atom. The third-order valence-electron chi connectivity index (χ3n) is 3.83. The standard InChI is InChI=1S/C19H26N4O/c1-14-7-5-8-15(2)18(14)22-19(24)16-9-10-17(21-13-16)20-11-6-12-23(3)4/h5,7-10,13H,6,11-12H2,1-4H3,(H,20,21)(H,22,24). The van der Waals surface area contributed by atoms with E-state index in [-0.39, 0.29) is 5.91 Å². The zero-order valence-electron chi connectivity index (χ0n) is 14.9. The van der Waals surface area contributed by atoms with Crippen LogP contribution in [0.5, 0.6) is 0 Å². The van der Waals surface area contributed by atoms with E-state index in [9.17, 15) is 4.79 Å². The lowest BCUT2D eigenvalue weighted by molar-refractivity contribution is 0.102. The van der Waals surface area contributed by atoms with Crippen LogP contribution in [0.1, 0.15) is 27.9 Å². The van der Waals surface area contributed by atoms with Crippen LogP contribution >= 0.6 is 0 Å². The number of amides is 1. The van der Waals surface area contributed by atoms with Crippen molar-refractivity contribution in [2.75, 3.05) is 37.8 Å². The van der Waals surface area contributed by atoms with Gasteiger partial charge < -0.3 is 15.5 Å². The third kappa shape index (κ3) is 5.06. The van der Waals surface area contributed by atoms with Crippen LogP contribution in [0.4, 0.5) is 11.5 Å². The Kier molecular flexibility index (Phi) is 6.32. The van der Waals surface area contributed by atoms with Gasteiger partial charge in [-0.3, -0.25) is 4.79 Å². The molecule has 0 aliphatic rings. The number of benzene rings is 1. The van der Waals surface area contributed by atoms with E-state index < -0.39 is 0 Å². The summed E-state index contributed by atoms with van der Waals surface area (Å²) in [6.45, 7) is 5.87. The van der Waals surface area contributed by atoms with Gasteiger partial charge in [-0.2, -0.15) is 0 Å². The number of carbonyl (C=O) groups excluding carboxylic acids is 1. The Hall–Kier alpha value is -2.40. The van der Waals surface area contributed by atoms with Gasteiger partial charge in [0.1, 0.15) is 5.82 Å². The number of aromatic nitrogens is 1. The Morgan fingerprint density at radius 2 is 1.83 bits per heavy atom. The Labute approximate surface area is 144 Å². The first-order chi connectivity index (χ1) is 11.5. The van der Waals surface area contributed by atoms with Gasteiger partial charge in [-0.25, -0.2) is 4.98 Å². The highest BCUT2D eigenvalue weighted by Gasteiger charge is 2.10. The molecular weight excluding hydrogens is 300 g/mol. The SMILES string of the molecule is Cc1cccc(C)c1NC(=O)c1ccc(NCCCN(C)C)nc1. The van der Waals surface area contributed by atoms with Gasteiger partial charge in [0.15, 0.2) is 0 Å². The quantitative estimate of drug-likeness (QED) is 0.767. The van der Waals surface area contributed by atoms with Crippen molar-refractivity contribution in [3.05, 3.63) is 53.2 Å². The fraction of sp³-hybridized carbons (Fsp3) is 0.368. The molecule has 5 nitrogen and oxygen atoms in total. The smallest absolute Gasteiger partial charge is 0.257 e. The molecule has 1 amide bonds. The summed E-state index contributed by atoms with van der Waals surface area (Å²) in [5.41, 5.74) is 3.52. The highest BCUT2D eigenvalue weighted by atomic mass is 16.1. The zero-order chi connectivity index (χ0) is 17.5. The predicted molar refractivity (Wildman–Crippen MR) is 99.8 cm³/mol. The molecule has 2 rings (SSSR count). The van der Waals surface area contributed by atoms with Gasteiger partial charge in [-0.1, -0.05) is 18.2 Å². The molecule has 0 bridgehead atoms. The zero-order valence-corrected chi connectivity index (χ0v) is 14.9. The lowest BCUT2D eigenvalue weighted by Crippen LogP contribution is -2.17. The van der Waals surface area contributed by atoms with E-state index in [0.29, 0.717) is 5.56 Å². The number of nitrogens with one attached hydrogen (secondary N) is 2. The first-order valence-corrected chi connectivity index (χ1v) is 8.19. The number of carbonyl (C=O) groups is 1. The number of hydrogen-bond donors (Lipinski definition) is 2. The lowest BCUT2D eigenvalue weighted by atomic mass is 10.1. The number of para-hydroxylation sites is 1. The van der Waals surface area contributed by atoms with Crippen LogP contribution in [0.3, 0.4) is 0 Å². The molecule has 0 aliphatic heterocycles. The minimum Gasteiger partial charge on any atom is -0.370 e. The maximum absolute atomic E-state index is 12.4. The second kappa shape index (κ2) is 8.45. The van der Waals surface area contributed by atoms with Crippen molar-refractivity contribution in [1.29, 1.82) is 0 Å². The lowest BCUT2D eigenvalue weighted by Gasteiger charge is -2.12. The summed E-state index contributed by atoms with van der Waals surface area (Å²) in [5.74, 6) is 0.649. The molecule has 0 unspecified atom stereocenters. The van der Waals surface area contributed by atoms with Gasteiger partial charge in [-0.05, 0) is 64.2 Å². The molecule has 128 valence electrons. The van der Waals surface area contributed by atoms with Crippen molar-refractivity contribution in [1.82, 2.24) is 9.88 Å². The van der Waals surface area contributed by atoms with E-state index in [2.05, 4.69) is 34.6 Å². The summed E-state index contributed by atoms with van der Waals surface area (Å²) in [5, 5.41) is 6.24. The molecule has 0 atom stereocenters. The Morgan fingerprint density at radius 1 is 1.12 bits per heavy atom. The summed E-state index contributed by atoms with van der Waals surface area (Å²) >= 11 is 0. The molecule has 0 fully saturated rings. The summed E-state index contributed by atoms with van der Waals surface area (Å²) in [6, 6.07) is 9.60. The largest absolute Gasteiger partial charge is 0.370 e. The van der Waals surface area contributed by atoms with Crippen LogP contribution < -0.4 is 10.6 Å². The van der Waals surface area contributed by atoms with Gasteiger partial charge in [0.25, 0.3) is 5.91 Å². The molecule has 0 radical (unpaired) electrons. The summed E-state index contributed by atoms with van der Waals surface area (Å²) < 4.78 is 0. The van der Waals surface area contributed by atoms with Crippen LogP contribution in [0.15, 0.2) is 36.5 Å². The Balaban J connectivity index is 1.94. The Bertz CT molecular complexity index is 660. The molecule has 0 spiro atoms. The number of nitrogens with zero attached hydrogens (tertiary/aromatic N) is 2. The van der Waals surface area contributed by atoms with Gasteiger partial charge in [-0.15, -0.1) is 0 Å². The van der Waals surface area contributed by atoms with Crippen molar-refractivity contribution in [3.63, 3.8) is 0 Å². The molecule has 1 heterocycles. The first-order valence-electron chi connectivity index (χ1n) is 8.19. The normalized spacial score (nSPS) is 10.7. The van der Waals surface area contributed by atoms with Crippen molar-refractivity contribution in [2.45, 2.75) is 20.3 Å². The summed E-state index contributed by atoms with van der Waals surface area (Å²) in [4.78, 5) is 18.9. The minimum atomic E-state index is -0.140. The summed E-state index contributed by atoms with van der Waals surface area (Å²) in [7, 11) is 4.11. The van der Waals surface area contributed by atoms with E-state index in [0.717, 1.165) is 42.1 Å². The third-order valence-corrected chi connectivity index (χ3v) is 3.83. The number of aryl methyl sites for hydroxylation is 2. The van der Waals surface area contributed by atoms with Crippen LogP contribution in [0.2, 0.25) is 0 Å². The van der Waals surface area contributed by atoms with E-state index in [4.69, 9.17) is 0 Å². The van der Waals surface area contributed by atoms with E-state index in [1.54, 1.807) is 12.3 Å². The monoisotopic (exact) mass is 326 g/mol. The second-order valence-corrected chi connectivity index (χ2v) is 6.24. The molecule has 2 N–H and O–H groups in total. The van der Waals surface area contributed by atoms with Crippen molar-refractivity contribution in [3.8, 4) is 0 Å². The van der Waals surface area contributed by atoms with Crippen LogP contribution in [-0.2, 0) is 0 Å². The minimum absolute atomic E-state index is 0.140. The van der Waals surface area contributed by atoms with E-state index >= 15 is 0 Å². The number of rotatable bonds is 7. The molecule has 0 saturated carbocycles. The van der Waals surface area contributed by atoms with Crippen LogP contribution in [-0.4, -0.2) is 43.0 Å². The maximum Gasteiger partial charge on any atom is 0.257 e. The van der Waals surface area contributed by atoms with Crippen molar-refractivity contribution < 1.29 is 4.79 Å². The van der Waals surface area contributed by atoms with Gasteiger partial charge in [0.2, 0.25) is 0 Å². The van der Waals surface area contributed by atoms with Crippen LogP contribution in [0, 0.1) is 13.8 Å². The average Bonchev–Trinajstić information content (AvgIpc) is 2.55. The maximum atomic E-state index is 12.4. The van der Waals surface area contributed by atoms with E-state index in [1.165, 1.54) is 0 Å².